The molecule has 6 heteroatoms. The van der Waals surface area contributed by atoms with Crippen molar-refractivity contribution in [3.05, 3.63) is 71.3 Å². The number of benzene rings is 2. The van der Waals surface area contributed by atoms with Crippen molar-refractivity contribution >= 4 is 17.3 Å². The van der Waals surface area contributed by atoms with Crippen LogP contribution in [0.5, 0.6) is 0 Å². The van der Waals surface area contributed by atoms with E-state index in [4.69, 9.17) is 0 Å². The third-order valence-corrected chi connectivity index (χ3v) is 5.82. The molecule has 1 saturated heterocycles. The molecule has 29 heavy (non-hydrogen) atoms. The maximum Gasteiger partial charge on any atom is 0.276 e. The van der Waals surface area contributed by atoms with Crippen molar-refractivity contribution in [2.75, 3.05) is 23.3 Å². The summed E-state index contributed by atoms with van der Waals surface area (Å²) in [6.07, 6.45) is 5.07. The summed E-state index contributed by atoms with van der Waals surface area (Å²) in [7, 11) is 0. The molecule has 3 aromatic rings. The summed E-state index contributed by atoms with van der Waals surface area (Å²) in [6, 6.07) is 14.2. The Balaban J connectivity index is 1.47. The van der Waals surface area contributed by atoms with Crippen LogP contribution in [0.25, 0.3) is 5.69 Å². The molecule has 0 atom stereocenters. The van der Waals surface area contributed by atoms with Gasteiger partial charge in [-0.2, -0.15) is 5.10 Å². The third kappa shape index (κ3) is 3.28. The number of aromatic nitrogens is 2. The minimum absolute atomic E-state index is 0.185. The van der Waals surface area contributed by atoms with Gasteiger partial charge in [0.05, 0.1) is 17.1 Å². The molecule has 1 amide bonds. The van der Waals surface area contributed by atoms with Crippen LogP contribution in [0.4, 0.5) is 15.8 Å². The minimum Gasteiger partial charge on any atom is -0.370 e. The highest BCUT2D eigenvalue weighted by atomic mass is 19.1. The number of rotatable bonds is 4. The fourth-order valence-corrected chi connectivity index (χ4v) is 4.41. The molecule has 148 valence electrons. The summed E-state index contributed by atoms with van der Waals surface area (Å²) >= 11 is 0. The van der Waals surface area contributed by atoms with Gasteiger partial charge in [-0.3, -0.25) is 4.79 Å². The monoisotopic (exact) mass is 390 g/mol. The van der Waals surface area contributed by atoms with Crippen LogP contribution in [0, 0.1) is 5.82 Å². The Hall–Kier alpha value is -3.15. The van der Waals surface area contributed by atoms with Crippen LogP contribution in [0.2, 0.25) is 0 Å². The first kappa shape index (κ1) is 17.9. The first-order chi connectivity index (χ1) is 14.2. The quantitative estimate of drug-likeness (QED) is 0.720. The van der Waals surface area contributed by atoms with E-state index in [1.165, 1.54) is 25.0 Å². The number of amides is 1. The lowest BCUT2D eigenvalue weighted by atomic mass is 10.1. The number of nitrogens with one attached hydrogen (secondary N) is 1. The highest BCUT2D eigenvalue weighted by molar-refractivity contribution is 6.06. The van der Waals surface area contributed by atoms with Crippen LogP contribution in [-0.4, -0.2) is 28.8 Å². The fraction of sp³-hybridized carbons (Fsp3) is 0.304. The number of para-hydroxylation sites is 2. The van der Waals surface area contributed by atoms with E-state index >= 15 is 0 Å². The maximum atomic E-state index is 13.3. The molecule has 2 aromatic carbocycles. The highest BCUT2D eigenvalue weighted by Gasteiger charge is 2.27. The average molecular weight is 390 g/mol. The van der Waals surface area contributed by atoms with Gasteiger partial charge in [0.1, 0.15) is 5.82 Å². The molecule has 1 aliphatic carbocycles. The molecule has 2 heterocycles. The van der Waals surface area contributed by atoms with E-state index in [1.807, 2.05) is 18.2 Å². The Morgan fingerprint density at radius 1 is 0.966 bits per heavy atom. The number of anilines is 2. The van der Waals surface area contributed by atoms with E-state index in [0.717, 1.165) is 60.7 Å². The molecule has 0 radical (unpaired) electrons. The molecule has 1 aliphatic heterocycles. The zero-order valence-corrected chi connectivity index (χ0v) is 16.2. The SMILES string of the molecule is O=C(Nc1ccccc1N1CCCC1)c1nn(-c2ccc(F)cc2)c2c1CCC2. The topological polar surface area (TPSA) is 50.2 Å². The van der Waals surface area contributed by atoms with Gasteiger partial charge in [0, 0.05) is 24.3 Å². The predicted octanol–water partition coefficient (Wildman–Crippen LogP) is 4.35. The van der Waals surface area contributed by atoms with Crippen molar-refractivity contribution in [1.82, 2.24) is 9.78 Å². The van der Waals surface area contributed by atoms with E-state index in [9.17, 15) is 9.18 Å². The van der Waals surface area contributed by atoms with Gasteiger partial charge in [0.2, 0.25) is 0 Å². The van der Waals surface area contributed by atoms with Crippen molar-refractivity contribution in [2.24, 2.45) is 0 Å². The first-order valence-electron chi connectivity index (χ1n) is 10.2. The van der Waals surface area contributed by atoms with Crippen LogP contribution in [0.1, 0.15) is 41.0 Å². The number of hydrogen-bond donors (Lipinski definition) is 1. The number of halogens is 1. The third-order valence-electron chi connectivity index (χ3n) is 5.82. The van der Waals surface area contributed by atoms with Crippen LogP contribution in [-0.2, 0) is 12.8 Å². The van der Waals surface area contributed by atoms with Crippen LogP contribution in [0.15, 0.2) is 48.5 Å². The van der Waals surface area contributed by atoms with Crippen LogP contribution < -0.4 is 10.2 Å². The van der Waals surface area contributed by atoms with Crippen LogP contribution >= 0.6 is 0 Å². The lowest BCUT2D eigenvalue weighted by molar-refractivity contribution is 0.102. The largest absolute Gasteiger partial charge is 0.370 e. The van der Waals surface area contributed by atoms with Gasteiger partial charge in [0.25, 0.3) is 5.91 Å². The normalized spacial score (nSPS) is 15.6. The second-order valence-corrected chi connectivity index (χ2v) is 7.68. The second-order valence-electron chi connectivity index (χ2n) is 7.68. The van der Waals surface area contributed by atoms with Crippen molar-refractivity contribution in [3.63, 3.8) is 0 Å². The van der Waals surface area contributed by atoms with E-state index in [1.54, 1.807) is 16.8 Å². The molecular weight excluding hydrogens is 367 g/mol. The first-order valence-corrected chi connectivity index (χ1v) is 10.2. The van der Waals surface area contributed by atoms with E-state index in [2.05, 4.69) is 21.4 Å². The number of carbonyl (C=O) groups is 1. The molecule has 1 aromatic heterocycles. The summed E-state index contributed by atoms with van der Waals surface area (Å²) in [5.41, 5.74) is 5.19. The van der Waals surface area contributed by atoms with Crippen molar-refractivity contribution < 1.29 is 9.18 Å². The summed E-state index contributed by atoms with van der Waals surface area (Å²) in [5.74, 6) is -0.468. The molecule has 5 rings (SSSR count). The average Bonchev–Trinajstić information content (AvgIpc) is 3.47. The molecule has 1 fully saturated rings. The minimum atomic E-state index is -0.283. The Morgan fingerprint density at radius 2 is 1.72 bits per heavy atom. The zero-order valence-electron chi connectivity index (χ0n) is 16.2. The van der Waals surface area contributed by atoms with Gasteiger partial charge in [-0.15, -0.1) is 0 Å². The van der Waals surface area contributed by atoms with Gasteiger partial charge in [-0.05, 0) is 68.5 Å². The van der Waals surface area contributed by atoms with E-state index in [0.29, 0.717) is 5.69 Å². The molecule has 2 aliphatic rings. The summed E-state index contributed by atoms with van der Waals surface area (Å²) in [5, 5.41) is 7.71. The smallest absolute Gasteiger partial charge is 0.276 e. The molecular formula is C23H23FN4O. The van der Waals surface area contributed by atoms with Crippen molar-refractivity contribution in [2.45, 2.75) is 32.1 Å². The molecule has 0 saturated carbocycles. The van der Waals surface area contributed by atoms with E-state index in [-0.39, 0.29) is 11.7 Å². The Kier molecular flexibility index (Phi) is 4.54. The molecule has 5 nitrogen and oxygen atoms in total. The molecule has 1 N–H and O–H groups in total. The van der Waals surface area contributed by atoms with Gasteiger partial charge in [-0.25, -0.2) is 9.07 Å². The molecule has 0 spiro atoms. The molecule has 0 bridgehead atoms. The summed E-state index contributed by atoms with van der Waals surface area (Å²) in [6.45, 7) is 2.03. The van der Waals surface area contributed by atoms with Crippen LogP contribution in [0.3, 0.4) is 0 Å². The Morgan fingerprint density at radius 3 is 2.52 bits per heavy atom. The Bertz CT molecular complexity index is 1050. The number of nitrogens with zero attached hydrogens (tertiary/aromatic N) is 3. The lowest BCUT2D eigenvalue weighted by Crippen LogP contribution is -2.21. The lowest BCUT2D eigenvalue weighted by Gasteiger charge is -2.21. The van der Waals surface area contributed by atoms with Gasteiger partial charge in [-0.1, -0.05) is 12.1 Å². The highest BCUT2D eigenvalue weighted by Crippen LogP contribution is 2.31. The standard InChI is InChI=1S/C23H23FN4O/c24-16-10-12-17(13-11-16)28-20-9-5-6-18(20)22(26-28)23(29)25-19-7-1-2-8-21(19)27-14-3-4-15-27/h1-2,7-8,10-13H,3-6,9,14-15H2,(H,25,29). The fourth-order valence-electron chi connectivity index (χ4n) is 4.41. The van der Waals surface area contributed by atoms with E-state index < -0.39 is 0 Å². The predicted molar refractivity (Wildman–Crippen MR) is 111 cm³/mol. The van der Waals surface area contributed by atoms with Gasteiger partial charge in [0.15, 0.2) is 5.69 Å². The Labute approximate surface area is 169 Å². The maximum absolute atomic E-state index is 13.3. The zero-order chi connectivity index (χ0) is 19.8. The summed E-state index contributed by atoms with van der Waals surface area (Å²) < 4.78 is 15.1. The molecule has 0 unspecified atom stereocenters. The van der Waals surface area contributed by atoms with Crippen molar-refractivity contribution in [3.8, 4) is 5.69 Å². The number of carbonyl (C=O) groups excluding carboxylic acids is 1. The van der Waals surface area contributed by atoms with Gasteiger partial charge >= 0.3 is 0 Å². The van der Waals surface area contributed by atoms with Gasteiger partial charge < -0.3 is 10.2 Å². The number of hydrogen-bond acceptors (Lipinski definition) is 3. The second kappa shape index (κ2) is 7.35. The van der Waals surface area contributed by atoms with Crippen molar-refractivity contribution in [1.29, 1.82) is 0 Å². The summed E-state index contributed by atoms with van der Waals surface area (Å²) in [4.78, 5) is 15.5. The number of fused-ring (bicyclic) bond motifs is 1.